The van der Waals surface area contributed by atoms with Crippen molar-refractivity contribution in [1.82, 2.24) is 4.90 Å². The fraction of sp³-hybridized carbons (Fsp3) is 0.474. The van der Waals surface area contributed by atoms with Gasteiger partial charge in [-0.25, -0.2) is 0 Å². The van der Waals surface area contributed by atoms with Gasteiger partial charge in [-0.1, -0.05) is 12.1 Å². The lowest BCUT2D eigenvalue weighted by Gasteiger charge is -2.36. The molecule has 1 aromatic carbocycles. The standard InChI is InChI=1S/C19H27N3OS/c20-8-3-4-9-21-10-12-22(13-11-21)18-5-1-2-6-19(18)23-15-17-7-14-24-16-17/h1-2,5-7,14,16H,3-4,8-13,15,20H2. The summed E-state index contributed by atoms with van der Waals surface area (Å²) < 4.78 is 6.08. The number of unbranched alkanes of at least 4 members (excludes halogenated alkanes) is 1. The zero-order chi connectivity index (χ0) is 16.6. The summed E-state index contributed by atoms with van der Waals surface area (Å²) in [5, 5.41) is 4.23. The summed E-state index contributed by atoms with van der Waals surface area (Å²) in [5.74, 6) is 0.986. The molecule has 2 heterocycles. The Bertz CT molecular complexity index is 594. The van der Waals surface area contributed by atoms with Crippen molar-refractivity contribution < 1.29 is 4.74 Å². The van der Waals surface area contributed by atoms with Crippen molar-refractivity contribution >= 4 is 17.0 Å². The van der Waals surface area contributed by atoms with E-state index in [9.17, 15) is 0 Å². The fourth-order valence-corrected chi connectivity index (χ4v) is 3.72. The monoisotopic (exact) mass is 345 g/mol. The third-order valence-electron chi connectivity index (χ3n) is 4.48. The highest BCUT2D eigenvalue weighted by atomic mass is 32.1. The van der Waals surface area contributed by atoms with Crippen molar-refractivity contribution in [2.45, 2.75) is 19.4 Å². The molecule has 1 saturated heterocycles. The smallest absolute Gasteiger partial charge is 0.143 e. The second-order valence-corrected chi connectivity index (χ2v) is 6.99. The molecule has 0 unspecified atom stereocenters. The maximum atomic E-state index is 6.08. The number of piperazine rings is 1. The highest BCUT2D eigenvalue weighted by Gasteiger charge is 2.19. The van der Waals surface area contributed by atoms with Gasteiger partial charge in [-0.2, -0.15) is 11.3 Å². The lowest BCUT2D eigenvalue weighted by molar-refractivity contribution is 0.251. The quantitative estimate of drug-likeness (QED) is 0.746. The summed E-state index contributed by atoms with van der Waals surface area (Å²) in [6.07, 6.45) is 2.33. The summed E-state index contributed by atoms with van der Waals surface area (Å²) in [7, 11) is 0. The van der Waals surface area contributed by atoms with Crippen LogP contribution in [0.5, 0.6) is 5.75 Å². The Kier molecular flexibility index (Phi) is 6.52. The average Bonchev–Trinajstić information content (AvgIpc) is 3.15. The number of thiophene rings is 1. The van der Waals surface area contributed by atoms with Crippen LogP contribution in [0.15, 0.2) is 41.1 Å². The Morgan fingerprint density at radius 3 is 2.62 bits per heavy atom. The molecule has 2 aromatic rings. The minimum absolute atomic E-state index is 0.638. The summed E-state index contributed by atoms with van der Waals surface area (Å²) in [6, 6.07) is 10.5. The van der Waals surface area contributed by atoms with Gasteiger partial charge in [0.15, 0.2) is 0 Å². The van der Waals surface area contributed by atoms with Crippen molar-refractivity contribution in [2.24, 2.45) is 5.73 Å². The maximum absolute atomic E-state index is 6.08. The molecule has 3 rings (SSSR count). The molecule has 0 spiro atoms. The summed E-state index contributed by atoms with van der Waals surface area (Å²) in [5.41, 5.74) is 8.04. The molecule has 1 aliphatic heterocycles. The predicted molar refractivity (Wildman–Crippen MR) is 102 cm³/mol. The molecule has 4 nitrogen and oxygen atoms in total. The average molecular weight is 346 g/mol. The Labute approximate surface area is 148 Å². The molecule has 1 aliphatic rings. The van der Waals surface area contributed by atoms with Gasteiger partial charge in [-0.15, -0.1) is 0 Å². The molecule has 0 amide bonds. The lowest BCUT2D eigenvalue weighted by Crippen LogP contribution is -2.46. The van der Waals surface area contributed by atoms with Crippen LogP contribution < -0.4 is 15.4 Å². The van der Waals surface area contributed by atoms with Gasteiger partial charge in [0.2, 0.25) is 0 Å². The third kappa shape index (κ3) is 4.72. The van der Waals surface area contributed by atoms with Crippen molar-refractivity contribution in [3.05, 3.63) is 46.7 Å². The van der Waals surface area contributed by atoms with Gasteiger partial charge in [0.1, 0.15) is 12.4 Å². The van der Waals surface area contributed by atoms with E-state index in [-0.39, 0.29) is 0 Å². The minimum atomic E-state index is 0.638. The normalized spacial score (nSPS) is 15.6. The van der Waals surface area contributed by atoms with Gasteiger partial charge >= 0.3 is 0 Å². The van der Waals surface area contributed by atoms with E-state index in [1.54, 1.807) is 11.3 Å². The summed E-state index contributed by atoms with van der Waals surface area (Å²) in [6.45, 7) is 6.95. The molecule has 24 heavy (non-hydrogen) atoms. The van der Waals surface area contributed by atoms with E-state index in [0.717, 1.165) is 44.9 Å². The first-order chi connectivity index (χ1) is 11.9. The van der Waals surface area contributed by atoms with Crippen molar-refractivity contribution in [1.29, 1.82) is 0 Å². The summed E-state index contributed by atoms with van der Waals surface area (Å²) in [4.78, 5) is 4.99. The number of hydrogen-bond donors (Lipinski definition) is 1. The highest BCUT2D eigenvalue weighted by Crippen LogP contribution is 2.29. The molecule has 5 heteroatoms. The molecule has 0 bridgehead atoms. The summed E-state index contributed by atoms with van der Waals surface area (Å²) >= 11 is 1.71. The molecule has 0 radical (unpaired) electrons. The number of anilines is 1. The molecule has 2 N–H and O–H groups in total. The molecule has 1 aromatic heterocycles. The first-order valence-corrected chi connectivity index (χ1v) is 9.71. The van der Waals surface area contributed by atoms with E-state index < -0.39 is 0 Å². The molecule has 0 atom stereocenters. The number of nitrogens with two attached hydrogens (primary N) is 1. The van der Waals surface area contributed by atoms with Crippen molar-refractivity contribution in [3.63, 3.8) is 0 Å². The molecular weight excluding hydrogens is 318 g/mol. The van der Waals surface area contributed by atoms with Crippen LogP contribution in [0.3, 0.4) is 0 Å². The molecule has 0 saturated carbocycles. The van der Waals surface area contributed by atoms with E-state index in [2.05, 4.69) is 50.9 Å². The Morgan fingerprint density at radius 1 is 1.04 bits per heavy atom. The van der Waals surface area contributed by atoms with Crippen molar-refractivity contribution in [3.8, 4) is 5.75 Å². The van der Waals surface area contributed by atoms with Crippen LogP contribution in [0.4, 0.5) is 5.69 Å². The zero-order valence-electron chi connectivity index (χ0n) is 14.2. The maximum Gasteiger partial charge on any atom is 0.143 e. The number of para-hydroxylation sites is 2. The van der Waals surface area contributed by atoms with Crippen LogP contribution in [0, 0.1) is 0 Å². The minimum Gasteiger partial charge on any atom is -0.487 e. The van der Waals surface area contributed by atoms with Gasteiger partial charge in [-0.3, -0.25) is 4.90 Å². The molecule has 1 fully saturated rings. The van der Waals surface area contributed by atoms with Gasteiger partial charge in [0, 0.05) is 26.2 Å². The topological polar surface area (TPSA) is 41.7 Å². The highest BCUT2D eigenvalue weighted by molar-refractivity contribution is 7.07. The predicted octanol–water partition coefficient (Wildman–Crippen LogP) is 3.19. The van der Waals surface area contributed by atoms with Gasteiger partial charge in [0.05, 0.1) is 5.69 Å². The van der Waals surface area contributed by atoms with Crippen LogP contribution in [0.1, 0.15) is 18.4 Å². The van der Waals surface area contributed by atoms with E-state index in [1.807, 2.05) is 0 Å². The van der Waals surface area contributed by atoms with Crippen LogP contribution in [0.2, 0.25) is 0 Å². The Morgan fingerprint density at radius 2 is 1.88 bits per heavy atom. The SMILES string of the molecule is NCCCCN1CCN(c2ccccc2OCc2ccsc2)CC1. The van der Waals surface area contributed by atoms with Crippen LogP contribution >= 0.6 is 11.3 Å². The van der Waals surface area contributed by atoms with Crippen LogP contribution in [-0.4, -0.2) is 44.2 Å². The lowest BCUT2D eigenvalue weighted by atomic mass is 10.2. The number of ether oxygens (including phenoxy) is 1. The van der Waals surface area contributed by atoms with Crippen LogP contribution in [0.25, 0.3) is 0 Å². The number of rotatable bonds is 8. The zero-order valence-corrected chi connectivity index (χ0v) is 15.0. The first kappa shape index (κ1) is 17.3. The van der Waals surface area contributed by atoms with Crippen molar-refractivity contribution in [2.75, 3.05) is 44.2 Å². The van der Waals surface area contributed by atoms with E-state index in [1.165, 1.54) is 24.2 Å². The largest absolute Gasteiger partial charge is 0.487 e. The number of benzene rings is 1. The van der Waals surface area contributed by atoms with E-state index in [4.69, 9.17) is 10.5 Å². The Balaban J connectivity index is 1.55. The van der Waals surface area contributed by atoms with Gasteiger partial charge < -0.3 is 15.4 Å². The second-order valence-electron chi connectivity index (χ2n) is 6.21. The molecule has 130 valence electrons. The van der Waals surface area contributed by atoms with Gasteiger partial charge in [0.25, 0.3) is 0 Å². The fourth-order valence-electron chi connectivity index (χ4n) is 3.07. The Hall–Kier alpha value is -1.56. The second kappa shape index (κ2) is 9.06. The first-order valence-electron chi connectivity index (χ1n) is 8.77. The molecular formula is C19H27N3OS. The number of hydrogen-bond acceptors (Lipinski definition) is 5. The third-order valence-corrected chi connectivity index (χ3v) is 5.21. The van der Waals surface area contributed by atoms with E-state index in [0.29, 0.717) is 6.61 Å². The van der Waals surface area contributed by atoms with Crippen LogP contribution in [-0.2, 0) is 6.61 Å². The number of nitrogens with zero attached hydrogens (tertiary/aromatic N) is 2. The van der Waals surface area contributed by atoms with Gasteiger partial charge in [-0.05, 0) is 60.5 Å². The molecule has 0 aliphatic carbocycles. The van der Waals surface area contributed by atoms with E-state index >= 15 is 0 Å².